The van der Waals surface area contributed by atoms with Crippen LogP contribution < -0.4 is 5.32 Å². The Morgan fingerprint density at radius 1 is 1.81 bits per heavy atom. The maximum atomic E-state index is 11.6. The van der Waals surface area contributed by atoms with Crippen molar-refractivity contribution in [1.82, 2.24) is 4.98 Å². The fraction of sp³-hybridized carbons (Fsp3) is 0.455. The predicted molar refractivity (Wildman–Crippen MR) is 65.7 cm³/mol. The van der Waals surface area contributed by atoms with Gasteiger partial charge in [-0.1, -0.05) is 6.08 Å². The molecular formula is C11H16N2O2S. The number of aromatic nitrogens is 1. The SMILES string of the molecule is C=CCCOC(C)C(=O)Nc1ncc(C)s1. The highest BCUT2D eigenvalue weighted by molar-refractivity contribution is 7.15. The molecule has 1 aromatic heterocycles. The normalized spacial score (nSPS) is 12.1. The molecule has 0 aromatic carbocycles. The van der Waals surface area contributed by atoms with Crippen LogP contribution >= 0.6 is 11.3 Å². The van der Waals surface area contributed by atoms with E-state index in [2.05, 4.69) is 16.9 Å². The maximum Gasteiger partial charge on any atom is 0.254 e. The monoisotopic (exact) mass is 240 g/mol. The highest BCUT2D eigenvalue weighted by Crippen LogP contribution is 2.16. The maximum absolute atomic E-state index is 11.6. The van der Waals surface area contributed by atoms with Gasteiger partial charge in [0.15, 0.2) is 5.13 Å². The predicted octanol–water partition coefficient (Wildman–Crippen LogP) is 2.37. The molecule has 0 saturated heterocycles. The molecule has 0 aliphatic carbocycles. The van der Waals surface area contributed by atoms with Gasteiger partial charge in [-0.2, -0.15) is 0 Å². The van der Waals surface area contributed by atoms with Gasteiger partial charge in [0.05, 0.1) is 6.61 Å². The van der Waals surface area contributed by atoms with Crippen molar-refractivity contribution in [3.63, 3.8) is 0 Å². The lowest BCUT2D eigenvalue weighted by Crippen LogP contribution is -2.27. The molecule has 0 bridgehead atoms. The Hall–Kier alpha value is -1.20. The molecule has 0 spiro atoms. The topological polar surface area (TPSA) is 51.2 Å². The minimum absolute atomic E-state index is 0.168. The quantitative estimate of drug-likeness (QED) is 0.613. The smallest absolute Gasteiger partial charge is 0.254 e. The molecule has 0 aliphatic rings. The van der Waals surface area contributed by atoms with Crippen molar-refractivity contribution in [1.29, 1.82) is 0 Å². The van der Waals surface area contributed by atoms with E-state index in [1.54, 1.807) is 19.2 Å². The van der Waals surface area contributed by atoms with Gasteiger partial charge in [0.25, 0.3) is 5.91 Å². The van der Waals surface area contributed by atoms with Crippen molar-refractivity contribution in [3.8, 4) is 0 Å². The Balaban J connectivity index is 2.36. The van der Waals surface area contributed by atoms with Gasteiger partial charge in [-0.3, -0.25) is 10.1 Å². The Morgan fingerprint density at radius 3 is 3.12 bits per heavy atom. The molecule has 4 nitrogen and oxygen atoms in total. The standard InChI is InChI=1S/C11H16N2O2S/c1-4-5-6-15-9(3)10(14)13-11-12-7-8(2)16-11/h4,7,9H,1,5-6H2,2-3H3,(H,12,13,14). The third-order valence-corrected chi connectivity index (χ3v) is 2.74. The zero-order valence-corrected chi connectivity index (χ0v) is 10.3. The van der Waals surface area contributed by atoms with Crippen LogP contribution in [0.2, 0.25) is 0 Å². The molecule has 1 aromatic rings. The summed E-state index contributed by atoms with van der Waals surface area (Å²) in [6.07, 6.45) is 3.76. The van der Waals surface area contributed by atoms with Crippen LogP contribution in [-0.2, 0) is 9.53 Å². The molecule has 1 amide bonds. The van der Waals surface area contributed by atoms with E-state index in [0.717, 1.165) is 11.3 Å². The highest BCUT2D eigenvalue weighted by atomic mass is 32.1. The molecule has 1 unspecified atom stereocenters. The van der Waals surface area contributed by atoms with Crippen molar-refractivity contribution >= 4 is 22.4 Å². The molecular weight excluding hydrogens is 224 g/mol. The highest BCUT2D eigenvalue weighted by Gasteiger charge is 2.14. The first-order valence-electron chi connectivity index (χ1n) is 5.09. The number of carbonyl (C=O) groups excluding carboxylic acids is 1. The number of ether oxygens (including phenoxy) is 1. The number of nitrogens with one attached hydrogen (secondary N) is 1. The van der Waals surface area contributed by atoms with Gasteiger partial charge < -0.3 is 4.74 Å². The number of hydrogen-bond donors (Lipinski definition) is 1. The second-order valence-electron chi connectivity index (χ2n) is 3.36. The second-order valence-corrected chi connectivity index (χ2v) is 4.59. The molecule has 1 heterocycles. The van der Waals surface area contributed by atoms with E-state index >= 15 is 0 Å². The second kappa shape index (κ2) is 6.40. The summed E-state index contributed by atoms with van der Waals surface area (Å²) in [5, 5.41) is 3.32. The Labute approximate surface area is 99.3 Å². The summed E-state index contributed by atoms with van der Waals surface area (Å²) in [6.45, 7) is 7.76. The van der Waals surface area contributed by atoms with Gasteiger partial charge in [-0.15, -0.1) is 17.9 Å². The van der Waals surface area contributed by atoms with E-state index < -0.39 is 6.10 Å². The lowest BCUT2D eigenvalue weighted by atomic mass is 10.3. The zero-order valence-electron chi connectivity index (χ0n) is 9.53. The van der Waals surface area contributed by atoms with Crippen LogP contribution in [-0.4, -0.2) is 23.6 Å². The summed E-state index contributed by atoms with van der Waals surface area (Å²) in [4.78, 5) is 16.7. The van der Waals surface area contributed by atoms with Crippen LogP contribution in [0.15, 0.2) is 18.9 Å². The third-order valence-electron chi connectivity index (χ3n) is 1.91. The molecule has 16 heavy (non-hydrogen) atoms. The summed E-state index contributed by atoms with van der Waals surface area (Å²) in [5.74, 6) is -0.168. The van der Waals surface area contributed by atoms with Crippen molar-refractivity contribution in [2.24, 2.45) is 0 Å². The van der Waals surface area contributed by atoms with Gasteiger partial charge in [-0.05, 0) is 20.3 Å². The van der Waals surface area contributed by atoms with E-state index in [4.69, 9.17) is 4.74 Å². The number of nitrogens with zero attached hydrogens (tertiary/aromatic N) is 1. The van der Waals surface area contributed by atoms with E-state index in [9.17, 15) is 4.79 Å². The molecule has 0 saturated carbocycles. The lowest BCUT2D eigenvalue weighted by molar-refractivity contribution is -0.126. The van der Waals surface area contributed by atoms with Gasteiger partial charge in [0, 0.05) is 11.1 Å². The molecule has 1 N–H and O–H groups in total. The molecule has 0 aliphatic heterocycles. The van der Waals surface area contributed by atoms with Gasteiger partial charge >= 0.3 is 0 Å². The molecule has 0 fully saturated rings. The van der Waals surface area contributed by atoms with E-state index in [1.165, 1.54) is 11.3 Å². The van der Waals surface area contributed by atoms with Crippen LogP contribution in [0.25, 0.3) is 0 Å². The Bertz CT molecular complexity index is 363. The average Bonchev–Trinajstić information content (AvgIpc) is 2.64. The number of rotatable bonds is 6. The molecule has 88 valence electrons. The largest absolute Gasteiger partial charge is 0.368 e. The summed E-state index contributed by atoms with van der Waals surface area (Å²) in [6, 6.07) is 0. The van der Waals surface area contributed by atoms with Gasteiger partial charge in [-0.25, -0.2) is 4.98 Å². The average molecular weight is 240 g/mol. The first kappa shape index (κ1) is 12.9. The molecule has 5 heteroatoms. The summed E-state index contributed by atoms with van der Waals surface area (Å²) >= 11 is 1.45. The number of thiazole rings is 1. The van der Waals surface area contributed by atoms with Gasteiger partial charge in [0.2, 0.25) is 0 Å². The molecule has 1 atom stereocenters. The number of anilines is 1. The molecule has 0 radical (unpaired) electrons. The number of hydrogen-bond acceptors (Lipinski definition) is 4. The summed E-state index contributed by atoms with van der Waals surface area (Å²) < 4.78 is 5.32. The van der Waals surface area contributed by atoms with E-state index in [-0.39, 0.29) is 5.91 Å². The zero-order chi connectivity index (χ0) is 12.0. The lowest BCUT2D eigenvalue weighted by Gasteiger charge is -2.10. The molecule has 1 rings (SSSR count). The first-order chi connectivity index (χ1) is 7.63. The van der Waals surface area contributed by atoms with E-state index in [0.29, 0.717) is 11.7 Å². The van der Waals surface area contributed by atoms with Crippen molar-refractivity contribution in [3.05, 3.63) is 23.7 Å². The summed E-state index contributed by atoms with van der Waals surface area (Å²) in [5.41, 5.74) is 0. The third kappa shape index (κ3) is 4.12. The summed E-state index contributed by atoms with van der Waals surface area (Å²) in [7, 11) is 0. The minimum atomic E-state index is -0.468. The van der Waals surface area contributed by atoms with Crippen LogP contribution in [0.4, 0.5) is 5.13 Å². The van der Waals surface area contributed by atoms with Crippen LogP contribution in [0, 0.1) is 6.92 Å². The fourth-order valence-electron chi connectivity index (χ4n) is 1.02. The van der Waals surface area contributed by atoms with Crippen molar-refractivity contribution in [2.75, 3.05) is 11.9 Å². The Morgan fingerprint density at radius 2 is 2.56 bits per heavy atom. The van der Waals surface area contributed by atoms with Crippen molar-refractivity contribution in [2.45, 2.75) is 26.4 Å². The van der Waals surface area contributed by atoms with Crippen molar-refractivity contribution < 1.29 is 9.53 Å². The van der Waals surface area contributed by atoms with Crippen LogP contribution in [0.1, 0.15) is 18.2 Å². The minimum Gasteiger partial charge on any atom is -0.368 e. The number of aryl methyl sites for hydroxylation is 1. The number of amides is 1. The van der Waals surface area contributed by atoms with Gasteiger partial charge in [0.1, 0.15) is 6.10 Å². The fourth-order valence-corrected chi connectivity index (χ4v) is 1.69. The van der Waals surface area contributed by atoms with E-state index in [1.807, 2.05) is 6.92 Å². The number of carbonyl (C=O) groups is 1. The first-order valence-corrected chi connectivity index (χ1v) is 5.91. The van der Waals surface area contributed by atoms with Crippen LogP contribution in [0.5, 0.6) is 0 Å². The van der Waals surface area contributed by atoms with Crippen LogP contribution in [0.3, 0.4) is 0 Å². The Kier molecular flexibility index (Phi) is 5.14.